The molecule has 0 atom stereocenters. The summed E-state index contributed by atoms with van der Waals surface area (Å²) in [4.78, 5) is 0. The van der Waals surface area contributed by atoms with Crippen molar-refractivity contribution in [3.63, 3.8) is 0 Å². The van der Waals surface area contributed by atoms with Crippen LogP contribution in [0.25, 0.3) is 105 Å². The SMILES string of the molecule is c1ccc(-c2ccc3c(c2)-c2ccccc2-c2cc(-c4ccc(-c5ccc6c(c5)c5ccccc5n6-c5ccc6ccccc6c5)cc4)cc(-c4ccccc4)c2N3)cc1. The standard InChI is InChI=1S/C58H38N2/c1-3-13-38(14-4-1)44-28-31-55-52(34-44)48-19-9-10-20-49(48)54-37-46(36-51(58(54)59-55)42-16-5-2-6-17-42)41-25-23-40(24-26-41)45-29-32-57-53(35-45)50-21-11-12-22-56(50)60(57)47-30-27-39-15-7-8-18-43(39)33-47/h1-37,59H. The third kappa shape index (κ3) is 5.65. The molecule has 1 aliphatic heterocycles. The first-order valence-corrected chi connectivity index (χ1v) is 20.7. The average molecular weight is 763 g/mol. The molecule has 2 heterocycles. The number of anilines is 2. The molecule has 11 aromatic rings. The van der Waals surface area contributed by atoms with Crippen LogP contribution in [0.4, 0.5) is 11.4 Å². The molecule has 0 unspecified atom stereocenters. The summed E-state index contributed by atoms with van der Waals surface area (Å²) in [6, 6.07) is 82.0. The highest BCUT2D eigenvalue weighted by Gasteiger charge is 2.24. The molecule has 0 bridgehead atoms. The van der Waals surface area contributed by atoms with E-state index < -0.39 is 0 Å². The van der Waals surface area contributed by atoms with Crippen molar-refractivity contribution in [2.75, 3.05) is 5.32 Å². The van der Waals surface area contributed by atoms with E-state index in [9.17, 15) is 0 Å². The minimum atomic E-state index is 1.10. The smallest absolute Gasteiger partial charge is 0.0544 e. The topological polar surface area (TPSA) is 17.0 Å². The van der Waals surface area contributed by atoms with Crippen molar-refractivity contribution in [2.24, 2.45) is 0 Å². The van der Waals surface area contributed by atoms with Crippen LogP contribution in [0.5, 0.6) is 0 Å². The second-order valence-electron chi connectivity index (χ2n) is 15.8. The van der Waals surface area contributed by atoms with Gasteiger partial charge >= 0.3 is 0 Å². The predicted octanol–water partition coefficient (Wildman–Crippen LogP) is 16.0. The summed E-state index contributed by atoms with van der Waals surface area (Å²) in [5, 5.41) is 8.95. The molecule has 0 saturated carbocycles. The van der Waals surface area contributed by atoms with Gasteiger partial charge < -0.3 is 9.88 Å². The third-order valence-corrected chi connectivity index (χ3v) is 12.3. The molecule has 1 aromatic heterocycles. The Bertz CT molecular complexity index is 3430. The summed E-state index contributed by atoms with van der Waals surface area (Å²) in [6.45, 7) is 0. The van der Waals surface area contributed by atoms with E-state index in [0.717, 1.165) is 11.4 Å². The monoisotopic (exact) mass is 762 g/mol. The Morgan fingerprint density at radius 3 is 1.63 bits per heavy atom. The number of fused-ring (bicyclic) bond motifs is 9. The molecule has 10 aromatic carbocycles. The zero-order valence-corrected chi connectivity index (χ0v) is 32.8. The predicted molar refractivity (Wildman–Crippen MR) is 254 cm³/mol. The summed E-state index contributed by atoms with van der Waals surface area (Å²) in [7, 11) is 0. The van der Waals surface area contributed by atoms with Gasteiger partial charge in [0.25, 0.3) is 0 Å². The zero-order chi connectivity index (χ0) is 39.6. The highest BCUT2D eigenvalue weighted by atomic mass is 15.0. The maximum absolute atomic E-state index is 3.95. The van der Waals surface area contributed by atoms with Crippen molar-refractivity contribution in [3.8, 4) is 72.4 Å². The van der Waals surface area contributed by atoms with Crippen LogP contribution in [0.2, 0.25) is 0 Å². The summed E-state index contributed by atoms with van der Waals surface area (Å²) in [5.41, 5.74) is 20.2. The van der Waals surface area contributed by atoms with E-state index in [1.165, 1.54) is 105 Å². The molecule has 0 spiro atoms. The van der Waals surface area contributed by atoms with Gasteiger partial charge in [-0.15, -0.1) is 0 Å². The van der Waals surface area contributed by atoms with Crippen LogP contribution < -0.4 is 5.32 Å². The van der Waals surface area contributed by atoms with Crippen LogP contribution in [0.1, 0.15) is 0 Å². The fourth-order valence-electron chi connectivity index (χ4n) is 9.38. The zero-order valence-electron chi connectivity index (χ0n) is 32.8. The van der Waals surface area contributed by atoms with Gasteiger partial charge in [-0.25, -0.2) is 0 Å². The van der Waals surface area contributed by atoms with Gasteiger partial charge in [-0.3, -0.25) is 0 Å². The van der Waals surface area contributed by atoms with Crippen molar-refractivity contribution < 1.29 is 0 Å². The Morgan fingerprint density at radius 2 is 0.833 bits per heavy atom. The summed E-state index contributed by atoms with van der Waals surface area (Å²) in [6.07, 6.45) is 0. The Balaban J connectivity index is 0.967. The first-order chi connectivity index (χ1) is 29.7. The van der Waals surface area contributed by atoms with Crippen molar-refractivity contribution in [1.82, 2.24) is 4.57 Å². The van der Waals surface area contributed by atoms with Crippen LogP contribution in [0, 0.1) is 0 Å². The lowest BCUT2D eigenvalue weighted by molar-refractivity contribution is 1.19. The van der Waals surface area contributed by atoms with E-state index in [0.29, 0.717) is 0 Å². The lowest BCUT2D eigenvalue weighted by atomic mass is 9.88. The first kappa shape index (κ1) is 34.1. The quantitative estimate of drug-likeness (QED) is 0.185. The lowest BCUT2D eigenvalue weighted by Crippen LogP contribution is -1.97. The molecule has 1 aliphatic rings. The summed E-state index contributed by atoms with van der Waals surface area (Å²) < 4.78 is 2.40. The number of para-hydroxylation sites is 1. The minimum Gasteiger partial charge on any atom is -0.354 e. The van der Waals surface area contributed by atoms with Gasteiger partial charge in [-0.05, 0) is 115 Å². The molecule has 0 aliphatic carbocycles. The fraction of sp³-hybridized carbons (Fsp3) is 0. The maximum Gasteiger partial charge on any atom is 0.0544 e. The van der Waals surface area contributed by atoms with Gasteiger partial charge in [-0.1, -0.05) is 170 Å². The maximum atomic E-state index is 3.95. The number of nitrogens with one attached hydrogen (secondary N) is 1. The highest BCUT2D eigenvalue weighted by Crippen LogP contribution is 2.50. The molecule has 0 saturated heterocycles. The largest absolute Gasteiger partial charge is 0.354 e. The Hall–Kier alpha value is -7.94. The Morgan fingerprint density at radius 1 is 0.283 bits per heavy atom. The van der Waals surface area contributed by atoms with E-state index in [1.54, 1.807) is 0 Å². The van der Waals surface area contributed by atoms with E-state index in [-0.39, 0.29) is 0 Å². The normalized spacial score (nSPS) is 11.8. The van der Waals surface area contributed by atoms with Gasteiger partial charge in [0, 0.05) is 38.8 Å². The number of rotatable bonds is 5. The fourth-order valence-corrected chi connectivity index (χ4v) is 9.38. The molecule has 60 heavy (non-hydrogen) atoms. The Labute approximate surface area is 349 Å². The molecular formula is C58H38N2. The number of aromatic nitrogens is 1. The lowest BCUT2D eigenvalue weighted by Gasteiger charge is -2.19. The highest BCUT2D eigenvalue weighted by molar-refractivity contribution is 6.11. The van der Waals surface area contributed by atoms with E-state index in [4.69, 9.17) is 0 Å². The van der Waals surface area contributed by atoms with Gasteiger partial charge in [0.2, 0.25) is 0 Å². The van der Waals surface area contributed by atoms with Crippen molar-refractivity contribution in [3.05, 3.63) is 224 Å². The van der Waals surface area contributed by atoms with Gasteiger partial charge in [0.05, 0.1) is 16.7 Å². The van der Waals surface area contributed by atoms with Crippen molar-refractivity contribution >= 4 is 44.0 Å². The van der Waals surface area contributed by atoms with Gasteiger partial charge in [0.1, 0.15) is 0 Å². The van der Waals surface area contributed by atoms with Crippen molar-refractivity contribution in [2.45, 2.75) is 0 Å². The average Bonchev–Trinajstić information content (AvgIpc) is 3.58. The molecule has 2 nitrogen and oxygen atoms in total. The van der Waals surface area contributed by atoms with Crippen LogP contribution >= 0.6 is 0 Å². The number of benzene rings is 10. The van der Waals surface area contributed by atoms with Crippen LogP contribution in [0.3, 0.4) is 0 Å². The molecule has 12 rings (SSSR count). The molecule has 280 valence electrons. The second-order valence-corrected chi connectivity index (χ2v) is 15.8. The van der Waals surface area contributed by atoms with Gasteiger partial charge in [-0.2, -0.15) is 0 Å². The summed E-state index contributed by atoms with van der Waals surface area (Å²) in [5.74, 6) is 0. The van der Waals surface area contributed by atoms with E-state index >= 15 is 0 Å². The second kappa shape index (κ2) is 13.9. The van der Waals surface area contributed by atoms with Gasteiger partial charge in [0.15, 0.2) is 0 Å². The van der Waals surface area contributed by atoms with Crippen LogP contribution in [-0.4, -0.2) is 4.57 Å². The van der Waals surface area contributed by atoms with Crippen molar-refractivity contribution in [1.29, 1.82) is 0 Å². The third-order valence-electron chi connectivity index (χ3n) is 12.3. The van der Waals surface area contributed by atoms with E-state index in [1.807, 2.05) is 0 Å². The molecule has 2 heteroatoms. The number of hydrogen-bond donors (Lipinski definition) is 1. The molecule has 0 radical (unpaired) electrons. The molecule has 0 fully saturated rings. The molecule has 1 N–H and O–H groups in total. The summed E-state index contributed by atoms with van der Waals surface area (Å²) >= 11 is 0. The Kier molecular flexibility index (Phi) is 7.89. The van der Waals surface area contributed by atoms with Crippen LogP contribution in [-0.2, 0) is 0 Å². The van der Waals surface area contributed by atoms with E-state index in [2.05, 4.69) is 234 Å². The minimum absolute atomic E-state index is 1.10. The molecular weight excluding hydrogens is 725 g/mol. The first-order valence-electron chi connectivity index (χ1n) is 20.7. The molecule has 0 amide bonds. The number of hydrogen-bond acceptors (Lipinski definition) is 1. The number of nitrogens with zero attached hydrogens (tertiary/aromatic N) is 1. The van der Waals surface area contributed by atoms with Crippen LogP contribution in [0.15, 0.2) is 224 Å².